The summed E-state index contributed by atoms with van der Waals surface area (Å²) in [5.41, 5.74) is 10.7. The highest BCUT2D eigenvalue weighted by Gasteiger charge is 2.19. The van der Waals surface area contributed by atoms with Crippen molar-refractivity contribution in [2.45, 2.75) is 13.5 Å². The molecule has 0 aliphatic heterocycles. The van der Waals surface area contributed by atoms with E-state index in [-0.39, 0.29) is 5.82 Å². The molecular formula is C19H15N7O2S. The number of nitrogens with zero attached hydrogens (tertiary/aromatic N) is 6. The van der Waals surface area contributed by atoms with E-state index in [9.17, 15) is 0 Å². The zero-order valence-corrected chi connectivity index (χ0v) is 16.1. The Balaban J connectivity index is 1.52. The second-order valence-corrected chi connectivity index (χ2v) is 7.07. The molecule has 0 amide bonds. The van der Waals surface area contributed by atoms with Crippen molar-refractivity contribution in [3.8, 4) is 33.6 Å². The first-order valence-corrected chi connectivity index (χ1v) is 9.72. The van der Waals surface area contributed by atoms with E-state index in [0.717, 1.165) is 16.0 Å². The molecule has 144 valence electrons. The summed E-state index contributed by atoms with van der Waals surface area (Å²) in [4.78, 5) is 14.2. The first kappa shape index (κ1) is 17.3. The summed E-state index contributed by atoms with van der Waals surface area (Å²) in [6, 6.07) is 9.66. The molecule has 4 aromatic heterocycles. The molecule has 0 saturated heterocycles. The van der Waals surface area contributed by atoms with Gasteiger partial charge < -0.3 is 15.0 Å². The van der Waals surface area contributed by atoms with Crippen molar-refractivity contribution in [1.29, 1.82) is 0 Å². The summed E-state index contributed by atoms with van der Waals surface area (Å²) < 4.78 is 12.7. The van der Waals surface area contributed by atoms with Gasteiger partial charge in [0, 0.05) is 18.8 Å². The number of pyridine rings is 1. The molecule has 29 heavy (non-hydrogen) atoms. The molecule has 2 N–H and O–H groups in total. The first-order valence-electron chi connectivity index (χ1n) is 8.84. The fourth-order valence-corrected chi connectivity index (χ4v) is 3.73. The van der Waals surface area contributed by atoms with Gasteiger partial charge in [-0.3, -0.25) is 4.98 Å². The van der Waals surface area contributed by atoms with E-state index in [2.05, 4.69) is 25.3 Å². The Morgan fingerprint density at radius 2 is 2.14 bits per heavy atom. The molecular weight excluding hydrogens is 390 g/mol. The van der Waals surface area contributed by atoms with Crippen LogP contribution in [-0.2, 0) is 6.54 Å². The van der Waals surface area contributed by atoms with Gasteiger partial charge in [-0.1, -0.05) is 12.1 Å². The zero-order valence-electron chi connectivity index (χ0n) is 15.3. The third-order valence-corrected chi connectivity index (χ3v) is 5.25. The molecule has 5 rings (SSSR count). The number of nitrogens with two attached hydrogens (primary N) is 1. The van der Waals surface area contributed by atoms with Crippen molar-refractivity contribution in [3.05, 3.63) is 48.2 Å². The Kier molecular flexibility index (Phi) is 4.17. The summed E-state index contributed by atoms with van der Waals surface area (Å²) >= 11 is 1.58. The molecule has 0 saturated carbocycles. The number of aryl methyl sites for hydroxylation is 1. The average molecular weight is 405 g/mol. The summed E-state index contributed by atoms with van der Waals surface area (Å²) in [6.07, 6.45) is 3.50. The number of rotatable bonds is 5. The minimum atomic E-state index is 0.194. The highest BCUT2D eigenvalue weighted by atomic mass is 32.1. The molecule has 9 nitrogen and oxygen atoms in total. The summed E-state index contributed by atoms with van der Waals surface area (Å²) in [5.74, 6) is 1.92. The normalized spacial score (nSPS) is 11.2. The van der Waals surface area contributed by atoms with Crippen LogP contribution in [0.25, 0.3) is 33.0 Å². The number of imidazole rings is 1. The number of hydrogen-bond acceptors (Lipinski definition) is 9. The van der Waals surface area contributed by atoms with Crippen molar-refractivity contribution in [3.63, 3.8) is 0 Å². The van der Waals surface area contributed by atoms with Gasteiger partial charge in [-0.05, 0) is 34.9 Å². The molecule has 0 radical (unpaired) electrons. The van der Waals surface area contributed by atoms with Crippen LogP contribution >= 0.6 is 11.3 Å². The third kappa shape index (κ3) is 3.09. The van der Waals surface area contributed by atoms with Crippen LogP contribution in [0, 0.1) is 0 Å². The molecule has 5 aromatic rings. The Bertz CT molecular complexity index is 1290. The molecule has 0 aliphatic carbocycles. The van der Waals surface area contributed by atoms with Crippen LogP contribution in [0.2, 0.25) is 0 Å². The number of fused-ring (bicyclic) bond motifs is 1. The number of nitrogen functional groups attached to an aromatic ring is 1. The molecule has 0 bridgehead atoms. The van der Waals surface area contributed by atoms with E-state index in [1.165, 1.54) is 0 Å². The van der Waals surface area contributed by atoms with Crippen LogP contribution in [0.1, 0.15) is 6.92 Å². The largest absolute Gasteiger partial charge is 0.439 e. The third-order valence-electron chi connectivity index (χ3n) is 4.42. The van der Waals surface area contributed by atoms with Gasteiger partial charge >= 0.3 is 0 Å². The van der Waals surface area contributed by atoms with Crippen LogP contribution in [0.4, 0.5) is 5.82 Å². The van der Waals surface area contributed by atoms with E-state index >= 15 is 0 Å². The van der Waals surface area contributed by atoms with Gasteiger partial charge in [0.1, 0.15) is 11.3 Å². The summed E-state index contributed by atoms with van der Waals surface area (Å²) in [7, 11) is 0. The standard InChI is InChI=1S/C19H15N7O2S/c1-2-26-14-7-16(22-8-13(14)23-19(26)17-18(20)25-28-24-17)27-12-5-3-4-11(6-12)15-9-21-10-29-15/h3-10H,2H2,1H3,(H2,20,25). The van der Waals surface area contributed by atoms with E-state index in [4.69, 9.17) is 15.1 Å². The van der Waals surface area contributed by atoms with E-state index in [1.807, 2.05) is 48.0 Å². The first-order chi connectivity index (χ1) is 14.2. The van der Waals surface area contributed by atoms with Gasteiger partial charge in [-0.15, -0.1) is 11.3 Å². The van der Waals surface area contributed by atoms with Gasteiger partial charge in [0.05, 0.1) is 22.1 Å². The van der Waals surface area contributed by atoms with Crippen LogP contribution in [0.3, 0.4) is 0 Å². The molecule has 4 heterocycles. The van der Waals surface area contributed by atoms with Gasteiger partial charge in [0.25, 0.3) is 0 Å². The van der Waals surface area contributed by atoms with Crippen LogP contribution in [-0.4, -0.2) is 29.8 Å². The van der Waals surface area contributed by atoms with E-state index in [0.29, 0.717) is 35.2 Å². The van der Waals surface area contributed by atoms with E-state index in [1.54, 1.807) is 23.0 Å². The summed E-state index contributed by atoms with van der Waals surface area (Å²) in [6.45, 7) is 2.66. The van der Waals surface area contributed by atoms with Crippen molar-refractivity contribution in [1.82, 2.24) is 29.8 Å². The molecule has 0 unspecified atom stereocenters. The molecule has 1 aromatic carbocycles. The maximum atomic E-state index is 6.01. The SMILES string of the molecule is CCn1c(-c2nonc2N)nc2cnc(Oc3cccc(-c4cncs4)c3)cc21. The second kappa shape index (κ2) is 6.99. The van der Waals surface area contributed by atoms with Crippen molar-refractivity contribution in [2.75, 3.05) is 5.73 Å². The number of thiazole rings is 1. The number of anilines is 1. The van der Waals surface area contributed by atoms with Gasteiger partial charge in [0.2, 0.25) is 5.88 Å². The van der Waals surface area contributed by atoms with E-state index < -0.39 is 0 Å². The molecule has 0 aliphatic rings. The highest BCUT2D eigenvalue weighted by Crippen LogP contribution is 2.31. The highest BCUT2D eigenvalue weighted by molar-refractivity contribution is 7.13. The average Bonchev–Trinajstić information content (AvgIpc) is 3.47. The Morgan fingerprint density at radius 3 is 2.90 bits per heavy atom. The fraction of sp³-hybridized carbons (Fsp3) is 0.105. The Hall–Kier alpha value is -3.79. The van der Waals surface area contributed by atoms with Crippen LogP contribution in [0.15, 0.2) is 52.9 Å². The van der Waals surface area contributed by atoms with Crippen LogP contribution < -0.4 is 10.5 Å². The number of hydrogen-bond donors (Lipinski definition) is 1. The van der Waals surface area contributed by atoms with Gasteiger partial charge in [-0.2, -0.15) is 0 Å². The topological polar surface area (TPSA) is 118 Å². The number of benzene rings is 1. The Morgan fingerprint density at radius 1 is 1.21 bits per heavy atom. The predicted molar refractivity (Wildman–Crippen MR) is 109 cm³/mol. The molecule has 0 spiro atoms. The fourth-order valence-electron chi connectivity index (χ4n) is 3.11. The zero-order chi connectivity index (χ0) is 19.8. The molecule has 0 atom stereocenters. The second-order valence-electron chi connectivity index (χ2n) is 6.18. The van der Waals surface area contributed by atoms with Gasteiger partial charge in [0.15, 0.2) is 17.3 Å². The number of aromatic nitrogens is 6. The van der Waals surface area contributed by atoms with Crippen LogP contribution in [0.5, 0.6) is 11.6 Å². The maximum Gasteiger partial charge on any atom is 0.221 e. The van der Waals surface area contributed by atoms with Crippen molar-refractivity contribution >= 4 is 28.2 Å². The molecule has 0 fully saturated rings. The monoisotopic (exact) mass is 405 g/mol. The smallest absolute Gasteiger partial charge is 0.221 e. The summed E-state index contributed by atoms with van der Waals surface area (Å²) in [5, 5.41) is 7.50. The lowest BCUT2D eigenvalue weighted by molar-refractivity contribution is 0.310. The lowest BCUT2D eigenvalue weighted by Crippen LogP contribution is -2.00. The van der Waals surface area contributed by atoms with Gasteiger partial charge in [-0.25, -0.2) is 14.6 Å². The quantitative estimate of drug-likeness (QED) is 0.466. The van der Waals surface area contributed by atoms with Crippen molar-refractivity contribution < 1.29 is 9.37 Å². The predicted octanol–water partition coefficient (Wildman–Crippen LogP) is 4.00. The minimum Gasteiger partial charge on any atom is -0.439 e. The Labute approximate surface area is 168 Å². The maximum absolute atomic E-state index is 6.01. The van der Waals surface area contributed by atoms with Crippen molar-refractivity contribution in [2.24, 2.45) is 0 Å². The lowest BCUT2D eigenvalue weighted by Gasteiger charge is -2.07. The lowest BCUT2D eigenvalue weighted by atomic mass is 10.2. The minimum absolute atomic E-state index is 0.194. The molecule has 10 heteroatoms. The number of ether oxygens (including phenoxy) is 1.